The van der Waals surface area contributed by atoms with Crippen molar-refractivity contribution >= 4 is 42.3 Å². The molecule has 0 heterocycles. The van der Waals surface area contributed by atoms with E-state index < -0.39 is 66.5 Å². The van der Waals surface area contributed by atoms with Gasteiger partial charge in [-0.3, -0.25) is 0 Å². The minimum atomic E-state index is -4.49. The van der Waals surface area contributed by atoms with Crippen LogP contribution in [-0.2, 0) is 65.7 Å². The molecule has 2 amide bonds. The summed E-state index contributed by atoms with van der Waals surface area (Å²) in [6.07, 6.45) is -2.24. The van der Waals surface area contributed by atoms with Crippen LogP contribution in [0.3, 0.4) is 0 Å². The number of hydrogen-bond donors (Lipinski definition) is 0. The molecule has 0 radical (unpaired) electrons. The summed E-state index contributed by atoms with van der Waals surface area (Å²) in [6.45, 7) is 13.5. The zero-order valence-electron chi connectivity index (χ0n) is 37.0. The van der Waals surface area contributed by atoms with Crippen LogP contribution in [0.15, 0.2) is 136 Å². The van der Waals surface area contributed by atoms with Crippen LogP contribution in [-0.4, -0.2) is 61.6 Å². The number of carbonyl (C=O) groups is 2. The van der Waals surface area contributed by atoms with Crippen molar-refractivity contribution in [3.8, 4) is 0 Å². The summed E-state index contributed by atoms with van der Waals surface area (Å²) in [4.78, 5) is 27.2. The molecule has 63 heavy (non-hydrogen) atoms. The molecule has 0 fully saturated rings. The molecule has 5 aromatic rings. The van der Waals surface area contributed by atoms with E-state index >= 15 is 0 Å². The van der Waals surface area contributed by atoms with Crippen LogP contribution in [0.2, 0.25) is 0 Å². The van der Waals surface area contributed by atoms with E-state index in [-0.39, 0.29) is 27.8 Å². The third-order valence-electron chi connectivity index (χ3n) is 9.63. The van der Waals surface area contributed by atoms with Crippen molar-refractivity contribution < 1.29 is 44.3 Å². The Labute approximate surface area is 372 Å². The van der Waals surface area contributed by atoms with E-state index in [9.17, 15) is 34.8 Å². The van der Waals surface area contributed by atoms with Gasteiger partial charge in [-0.15, -0.1) is 0 Å². The van der Waals surface area contributed by atoms with Crippen LogP contribution in [0.4, 0.5) is 9.59 Å². The molecule has 5 aromatic carbocycles. The molecule has 13 nitrogen and oxygen atoms in total. The summed E-state index contributed by atoms with van der Waals surface area (Å²) >= 11 is 0. The lowest BCUT2D eigenvalue weighted by Crippen LogP contribution is -2.41. The van der Waals surface area contributed by atoms with Crippen molar-refractivity contribution in [1.29, 1.82) is 0 Å². The zero-order chi connectivity index (χ0) is 46.5. The Hall–Kier alpha value is -5.55. The highest BCUT2D eigenvalue weighted by molar-refractivity contribution is 7.90. The van der Waals surface area contributed by atoms with Gasteiger partial charge in [-0.1, -0.05) is 102 Å². The summed E-state index contributed by atoms with van der Waals surface area (Å²) in [5, 5.41) is 0. The molecule has 0 aliphatic heterocycles. The molecule has 0 atom stereocenters. The first-order valence-corrected chi connectivity index (χ1v) is 24.5. The number of ether oxygens (including phenoxy) is 2. The van der Waals surface area contributed by atoms with E-state index in [1.807, 2.05) is 6.92 Å². The van der Waals surface area contributed by atoms with Gasteiger partial charge in [0.1, 0.15) is 11.2 Å². The van der Waals surface area contributed by atoms with Crippen LogP contribution in [0.5, 0.6) is 0 Å². The fourth-order valence-electron chi connectivity index (χ4n) is 6.30. The minimum Gasteiger partial charge on any atom is -0.443 e. The molecule has 336 valence electrons. The number of sulfonamides is 3. The Balaban J connectivity index is 1.61. The van der Waals surface area contributed by atoms with Gasteiger partial charge in [0.15, 0.2) is 0 Å². The molecular formula is C47H55N3O10S3. The zero-order valence-corrected chi connectivity index (χ0v) is 39.5. The highest BCUT2D eigenvalue weighted by Crippen LogP contribution is 2.29. The first kappa shape index (κ1) is 48.5. The first-order valence-electron chi connectivity index (χ1n) is 20.1. The number of hydrogen-bond acceptors (Lipinski definition) is 10. The predicted octanol–water partition coefficient (Wildman–Crippen LogP) is 9.25. The third-order valence-corrected chi connectivity index (χ3v) is 14.9. The predicted molar refractivity (Wildman–Crippen MR) is 241 cm³/mol. The van der Waals surface area contributed by atoms with E-state index in [0.717, 1.165) is 16.7 Å². The average molecular weight is 918 g/mol. The van der Waals surface area contributed by atoms with E-state index in [0.29, 0.717) is 30.9 Å². The van der Waals surface area contributed by atoms with Gasteiger partial charge in [0.05, 0.1) is 27.8 Å². The summed E-state index contributed by atoms with van der Waals surface area (Å²) < 4.78 is 99.9. The Morgan fingerprint density at radius 3 is 0.937 bits per heavy atom. The van der Waals surface area contributed by atoms with Gasteiger partial charge in [-0.05, 0) is 121 Å². The molecule has 0 bridgehead atoms. The second-order valence-electron chi connectivity index (χ2n) is 17.2. The summed E-state index contributed by atoms with van der Waals surface area (Å²) in [7, 11) is -13.3. The Bertz CT molecular complexity index is 2610. The van der Waals surface area contributed by atoms with Gasteiger partial charge in [0.25, 0.3) is 20.0 Å². The van der Waals surface area contributed by atoms with E-state index in [2.05, 4.69) is 0 Å². The molecular weight excluding hydrogens is 863 g/mol. The van der Waals surface area contributed by atoms with Crippen LogP contribution in [0.25, 0.3) is 0 Å². The fraction of sp³-hybridized carbons (Fsp3) is 0.319. The fourth-order valence-corrected chi connectivity index (χ4v) is 10.3. The molecule has 0 aromatic heterocycles. The van der Waals surface area contributed by atoms with Crippen LogP contribution < -0.4 is 0 Å². The Kier molecular flexibility index (Phi) is 14.7. The van der Waals surface area contributed by atoms with E-state index in [1.165, 1.54) is 40.7 Å². The molecule has 0 aliphatic rings. The molecule has 0 unspecified atom stereocenters. The Morgan fingerprint density at radius 1 is 0.413 bits per heavy atom. The van der Waals surface area contributed by atoms with Crippen LogP contribution >= 0.6 is 0 Å². The lowest BCUT2D eigenvalue weighted by Gasteiger charge is -2.29. The second kappa shape index (κ2) is 19.1. The number of amides is 2. The SMILES string of the molecule is Cc1ccc(S(=O)(=O)N(Cc2ccccc2CN(C(=O)OC(C)(C)C)S(=O)(=O)c2ccc(C)cc2)Cc2ccccc2CN(C(=O)OC(C)(C)C)S(=O)(=O)c2ccc(C)cc2)cc1. The largest absolute Gasteiger partial charge is 0.443 e. The maximum Gasteiger partial charge on any atom is 0.424 e. The van der Waals surface area contributed by atoms with Crippen molar-refractivity contribution in [3.63, 3.8) is 0 Å². The lowest BCUT2D eigenvalue weighted by molar-refractivity contribution is 0.0368. The summed E-state index contributed by atoms with van der Waals surface area (Å²) in [5.41, 5.74) is 1.71. The molecule has 5 rings (SSSR count). The lowest BCUT2D eigenvalue weighted by atomic mass is 10.1. The molecule has 0 saturated heterocycles. The van der Waals surface area contributed by atoms with Gasteiger partial charge >= 0.3 is 12.2 Å². The van der Waals surface area contributed by atoms with Crippen LogP contribution in [0.1, 0.15) is 80.5 Å². The number of benzene rings is 5. The quantitative estimate of drug-likeness (QED) is 0.105. The molecule has 0 saturated carbocycles. The average Bonchev–Trinajstić information content (AvgIpc) is 3.18. The number of nitrogens with zero attached hydrogens (tertiary/aromatic N) is 3. The highest BCUT2D eigenvalue weighted by Gasteiger charge is 2.36. The molecule has 16 heteroatoms. The Morgan fingerprint density at radius 2 is 0.667 bits per heavy atom. The topological polar surface area (TPSA) is 165 Å². The van der Waals surface area contributed by atoms with Crippen molar-refractivity contribution in [2.45, 2.75) is 114 Å². The molecule has 0 N–H and O–H groups in total. The smallest absolute Gasteiger partial charge is 0.424 e. The van der Waals surface area contributed by atoms with Gasteiger partial charge in [-0.25, -0.2) is 34.8 Å². The normalized spacial score (nSPS) is 12.5. The second-order valence-corrected chi connectivity index (χ2v) is 22.9. The number of rotatable bonds is 14. The molecule has 0 spiro atoms. The summed E-state index contributed by atoms with van der Waals surface area (Å²) in [5.74, 6) is 0. The minimum absolute atomic E-state index is 0.0299. The van der Waals surface area contributed by atoms with Gasteiger partial charge in [-0.2, -0.15) is 12.9 Å². The first-order chi connectivity index (χ1) is 29.3. The van der Waals surface area contributed by atoms with Crippen molar-refractivity contribution in [2.24, 2.45) is 0 Å². The van der Waals surface area contributed by atoms with Gasteiger partial charge < -0.3 is 9.47 Å². The summed E-state index contributed by atoms with van der Waals surface area (Å²) in [6, 6.07) is 31.5. The maximum atomic E-state index is 14.8. The monoisotopic (exact) mass is 917 g/mol. The van der Waals surface area contributed by atoms with E-state index in [1.54, 1.807) is 140 Å². The van der Waals surface area contributed by atoms with Gasteiger partial charge in [0.2, 0.25) is 10.0 Å². The standard InChI is InChI=1S/C47H55N3O10S3/c1-34-18-24-41(25-19-34)61(53,54)48(30-37-14-10-12-16-39(37)32-49(44(51)59-46(4,5)6)62(55,56)42-26-20-35(2)21-27-42)31-38-15-11-13-17-40(38)33-50(45(52)60-47(7,8)9)63(57,58)43-28-22-36(3)23-29-43/h10-29H,30-33H2,1-9H3. The number of aryl methyl sites for hydroxylation is 3. The van der Waals surface area contributed by atoms with Crippen molar-refractivity contribution in [1.82, 2.24) is 12.9 Å². The highest BCUT2D eigenvalue weighted by atomic mass is 32.2. The van der Waals surface area contributed by atoms with Crippen molar-refractivity contribution in [3.05, 3.63) is 160 Å². The van der Waals surface area contributed by atoms with E-state index in [4.69, 9.17) is 9.47 Å². The third kappa shape index (κ3) is 12.3. The maximum absolute atomic E-state index is 14.8. The van der Waals surface area contributed by atoms with Crippen molar-refractivity contribution in [2.75, 3.05) is 0 Å². The van der Waals surface area contributed by atoms with Gasteiger partial charge in [0, 0.05) is 13.1 Å². The number of carbonyl (C=O) groups excluding carboxylic acids is 2. The molecule has 0 aliphatic carbocycles. The van der Waals surface area contributed by atoms with Crippen LogP contribution in [0, 0.1) is 20.8 Å².